The van der Waals surface area contributed by atoms with Crippen LogP contribution in [0.4, 0.5) is 0 Å². The summed E-state index contributed by atoms with van der Waals surface area (Å²) in [5.74, 6) is 10.6. The van der Waals surface area contributed by atoms with Gasteiger partial charge >= 0.3 is 0 Å². The second-order valence-corrected chi connectivity index (χ2v) is 40.6. The van der Waals surface area contributed by atoms with E-state index in [0.717, 1.165) is 183 Å². The van der Waals surface area contributed by atoms with Crippen LogP contribution in [0.3, 0.4) is 0 Å². The maximum Gasteiger partial charge on any atom is 0.156 e. The van der Waals surface area contributed by atoms with Gasteiger partial charge in [-0.1, -0.05) is 109 Å². The summed E-state index contributed by atoms with van der Waals surface area (Å²) in [6.07, 6.45) is 45.8. The summed E-state index contributed by atoms with van der Waals surface area (Å²) >= 11 is 0. The van der Waals surface area contributed by atoms with Crippen molar-refractivity contribution in [1.82, 2.24) is 19.6 Å². The topological polar surface area (TPSA) is 47.1 Å². The molecule has 6 nitrogen and oxygen atoms in total. The fourth-order valence-corrected chi connectivity index (χ4v) is 28.9. The molecule has 14 rings (SSSR count). The summed E-state index contributed by atoms with van der Waals surface area (Å²) < 4.78 is 30.1. The molecule has 4 heterocycles. The van der Waals surface area contributed by atoms with E-state index in [1.165, 1.54) is 167 Å². The Hall–Kier alpha value is -0.210. The number of sulfone groups is 1. The van der Waals surface area contributed by atoms with Crippen molar-refractivity contribution in [3.63, 3.8) is 0 Å². The van der Waals surface area contributed by atoms with E-state index in [1.54, 1.807) is 0 Å². The Morgan fingerprint density at radius 2 is 0.470 bits per heavy atom. The third-order valence-electron chi connectivity index (χ3n) is 30.7. The minimum atomic E-state index is -3.14. The van der Waals surface area contributed by atoms with Crippen LogP contribution in [0.5, 0.6) is 0 Å². The number of likely N-dealkylation sites (tertiary alicyclic amines) is 4. The normalized spacial score (nSPS) is 49.6. The first-order chi connectivity index (χ1) is 39.4. The average molecular weight is 1160 g/mol. The Balaban J connectivity index is 0.609. The summed E-state index contributed by atoms with van der Waals surface area (Å²) in [6.45, 7) is 30.6. The number of nitrogens with zero attached hydrogens (tertiary/aromatic N) is 4. The molecule has 14 aliphatic rings. The van der Waals surface area contributed by atoms with E-state index in [4.69, 9.17) is 0 Å². The quantitative estimate of drug-likeness (QED) is 0.264. The molecular formula is C76H130N4O2S. The van der Waals surface area contributed by atoms with Crippen LogP contribution in [0.1, 0.15) is 301 Å². The summed E-state index contributed by atoms with van der Waals surface area (Å²) in [5.41, 5.74) is 1.70. The Morgan fingerprint density at radius 3 is 0.759 bits per heavy atom. The van der Waals surface area contributed by atoms with E-state index in [1.807, 2.05) is 0 Å². The van der Waals surface area contributed by atoms with Gasteiger partial charge in [-0.3, -0.25) is 19.6 Å². The first kappa shape index (κ1) is 60.4. The van der Waals surface area contributed by atoms with E-state index in [0.29, 0.717) is 33.7 Å². The second-order valence-electron chi connectivity index (χ2n) is 38.1. The highest BCUT2D eigenvalue weighted by molar-refractivity contribution is 7.92. The van der Waals surface area contributed by atoms with E-state index in [-0.39, 0.29) is 10.5 Å². The summed E-state index contributed by atoms with van der Waals surface area (Å²) in [5, 5.41) is -0.194. The first-order valence-corrected chi connectivity index (χ1v) is 39.4. The van der Waals surface area contributed by atoms with Gasteiger partial charge in [-0.15, -0.1) is 0 Å². The summed E-state index contributed by atoms with van der Waals surface area (Å²) in [7, 11) is -3.14. The number of fused-ring (bicyclic) bond motifs is 12. The second kappa shape index (κ2) is 22.6. The molecule has 4 aliphatic heterocycles. The van der Waals surface area contributed by atoms with Gasteiger partial charge in [0, 0.05) is 72.5 Å². The zero-order valence-corrected chi connectivity index (χ0v) is 56.9. The molecule has 0 amide bonds. The molecule has 0 aromatic rings. The van der Waals surface area contributed by atoms with Crippen molar-refractivity contribution in [1.29, 1.82) is 0 Å². The molecule has 14 fully saturated rings. The van der Waals surface area contributed by atoms with Crippen LogP contribution in [0, 0.1) is 92.7 Å². The van der Waals surface area contributed by atoms with E-state index in [9.17, 15) is 0 Å². The third kappa shape index (κ3) is 10.8. The molecule has 22 atom stereocenters. The van der Waals surface area contributed by atoms with Crippen molar-refractivity contribution in [2.75, 3.05) is 0 Å². The van der Waals surface area contributed by atoms with E-state index < -0.39 is 9.84 Å². The predicted octanol–water partition coefficient (Wildman–Crippen LogP) is 17.8. The first-order valence-electron chi connectivity index (χ1n) is 37.8. The van der Waals surface area contributed by atoms with Crippen molar-refractivity contribution >= 4 is 9.84 Å². The molecule has 0 bridgehead atoms. The van der Waals surface area contributed by atoms with Crippen LogP contribution in [0.15, 0.2) is 0 Å². The van der Waals surface area contributed by atoms with Crippen LogP contribution in [-0.4, -0.2) is 111 Å². The Bertz CT molecular complexity index is 2130. The Kier molecular flexibility index (Phi) is 16.4. The Morgan fingerprint density at radius 1 is 0.241 bits per heavy atom. The van der Waals surface area contributed by atoms with Gasteiger partial charge in [0.2, 0.25) is 0 Å². The molecule has 0 spiro atoms. The van der Waals surface area contributed by atoms with Crippen molar-refractivity contribution in [2.24, 2.45) is 92.7 Å². The molecule has 0 aromatic heterocycles. The van der Waals surface area contributed by atoms with Gasteiger partial charge < -0.3 is 0 Å². The molecule has 83 heavy (non-hydrogen) atoms. The van der Waals surface area contributed by atoms with Gasteiger partial charge in [0.25, 0.3) is 0 Å². The molecule has 4 saturated heterocycles. The fourth-order valence-electron chi connectivity index (χ4n) is 26.5. The number of hydrogen-bond donors (Lipinski definition) is 0. The van der Waals surface area contributed by atoms with Crippen LogP contribution in [0.25, 0.3) is 0 Å². The summed E-state index contributed by atoms with van der Waals surface area (Å²) in [4.78, 5) is 13.0. The van der Waals surface area contributed by atoms with E-state index >= 15 is 8.42 Å². The van der Waals surface area contributed by atoms with Crippen LogP contribution < -0.4 is 0 Å². The lowest BCUT2D eigenvalue weighted by Crippen LogP contribution is -2.54. The van der Waals surface area contributed by atoms with Crippen molar-refractivity contribution < 1.29 is 8.42 Å². The fraction of sp³-hybridized carbons (Fsp3) is 1.00. The molecule has 0 N–H and O–H groups in total. The zero-order valence-electron chi connectivity index (χ0n) is 56.1. The lowest BCUT2D eigenvalue weighted by molar-refractivity contribution is 0.00784. The highest BCUT2D eigenvalue weighted by atomic mass is 32.2. The average Bonchev–Trinajstić information content (AvgIpc) is 2.66. The lowest BCUT2D eigenvalue weighted by atomic mass is 9.61. The molecule has 19 unspecified atom stereocenters. The molecule has 7 heteroatoms. The van der Waals surface area contributed by atoms with Crippen LogP contribution in [-0.2, 0) is 9.84 Å². The van der Waals surface area contributed by atoms with Gasteiger partial charge in [0.1, 0.15) is 0 Å². The number of hydrogen-bond acceptors (Lipinski definition) is 6. The van der Waals surface area contributed by atoms with Gasteiger partial charge in [-0.2, -0.15) is 0 Å². The van der Waals surface area contributed by atoms with Gasteiger partial charge in [-0.25, -0.2) is 8.42 Å². The lowest BCUT2D eigenvalue weighted by Gasteiger charge is -2.49. The maximum atomic E-state index is 15.1. The standard InChI is InChI=1S/C76H130N4O2S/c1-73(2,3)47-21-35-67-59(41-47)60-42-48(74(4,5)6)22-36-68(60)79(67)53-29-39-71-63(45-53)57-17-13-15-19-65(57)77(71)51-25-31-55(32-26-51)83(81,82)56-33-27-52(28-34-56)78-66-20-16-14-18-58(66)64-46-54(30-40-72(64)78)80-69-37-23-49(75(7,8)9)43-61(69)62-44-50(76(10,11)12)24-38-70(62)80/h47-72H,13-46H2,1-12H3/t47?,48?,49?,50?,51?,52?,53?,54?,55?,56?,57?,58?,59-,60?,61?,62?,63?,64-,65+,66?,67?,68?,69?,70?,71?,72?/m1/s1. The van der Waals surface area contributed by atoms with Crippen LogP contribution in [0.2, 0.25) is 0 Å². The van der Waals surface area contributed by atoms with Crippen molar-refractivity contribution in [2.45, 2.75) is 384 Å². The van der Waals surface area contributed by atoms with Crippen LogP contribution >= 0.6 is 0 Å². The minimum Gasteiger partial charge on any atom is -0.294 e. The van der Waals surface area contributed by atoms with E-state index in [2.05, 4.69) is 103 Å². The number of rotatable bonds is 6. The molecule has 10 saturated carbocycles. The molecule has 10 aliphatic carbocycles. The molecule has 0 aromatic carbocycles. The molecular weight excluding hydrogens is 1030 g/mol. The van der Waals surface area contributed by atoms with Gasteiger partial charge in [0.15, 0.2) is 9.84 Å². The Labute approximate surface area is 512 Å². The van der Waals surface area contributed by atoms with Gasteiger partial charge in [0.05, 0.1) is 10.5 Å². The van der Waals surface area contributed by atoms with Crippen molar-refractivity contribution in [3.8, 4) is 0 Å². The largest absolute Gasteiger partial charge is 0.294 e. The molecule has 0 radical (unpaired) electrons. The third-order valence-corrected chi connectivity index (χ3v) is 33.5. The highest BCUT2D eigenvalue weighted by Gasteiger charge is 2.62. The predicted molar refractivity (Wildman–Crippen MR) is 346 cm³/mol. The summed E-state index contributed by atoms with van der Waals surface area (Å²) in [6, 6.07) is 9.13. The zero-order chi connectivity index (χ0) is 57.9. The monoisotopic (exact) mass is 1160 g/mol. The smallest absolute Gasteiger partial charge is 0.156 e. The van der Waals surface area contributed by atoms with Gasteiger partial charge in [-0.05, 0) is 285 Å². The molecule has 472 valence electrons. The SMILES string of the molecule is CC(C)(C)C1CCC2C(C1)C1CC(C(C)(C)C)CCC1N2C1CCC2[C@H](C1)C1CCCCC1N2C1CCC(S(=O)(=O)C2CCC(N3C4CCC(N5C6CCC(C(C)(C)C)CC6[C@H]6CC(C(C)(C)C)CCC65)CC4C4CCCC[C@@H]43)CC2)CC1. The van der Waals surface area contributed by atoms with Crippen molar-refractivity contribution in [3.05, 3.63) is 0 Å². The minimum absolute atomic E-state index is 0.0969. The maximum absolute atomic E-state index is 15.1. The highest BCUT2D eigenvalue weighted by Crippen LogP contribution is 2.62.